The molecule has 114 valence electrons. The minimum Gasteiger partial charge on any atom is -0.377 e. The molecule has 1 rings (SSSR count). The van der Waals surface area contributed by atoms with Gasteiger partial charge in [-0.25, -0.2) is 0 Å². The summed E-state index contributed by atoms with van der Waals surface area (Å²) >= 11 is 0. The predicted octanol–water partition coefficient (Wildman–Crippen LogP) is 4.19. The van der Waals surface area contributed by atoms with Crippen molar-refractivity contribution in [2.75, 3.05) is 13.7 Å². The highest BCUT2D eigenvalue weighted by atomic mass is 16.5. The summed E-state index contributed by atoms with van der Waals surface area (Å²) in [6.45, 7) is 7.74. The van der Waals surface area contributed by atoms with Crippen molar-refractivity contribution in [1.82, 2.24) is 5.32 Å². The summed E-state index contributed by atoms with van der Waals surface area (Å²) in [7, 11) is 1.86. The SMILES string of the molecule is CCCNC(CCc1ccccc1)C(CC)(CC)OC. The summed E-state index contributed by atoms with van der Waals surface area (Å²) in [4.78, 5) is 0. The van der Waals surface area contributed by atoms with Gasteiger partial charge < -0.3 is 10.1 Å². The fraction of sp³-hybridized carbons (Fsp3) is 0.667. The zero-order valence-corrected chi connectivity index (χ0v) is 13.6. The highest BCUT2D eigenvalue weighted by Crippen LogP contribution is 2.27. The molecule has 0 aliphatic rings. The second-order valence-corrected chi connectivity index (χ2v) is 5.51. The van der Waals surface area contributed by atoms with Crippen LogP contribution in [0.1, 0.15) is 52.0 Å². The number of hydrogen-bond donors (Lipinski definition) is 1. The molecule has 0 saturated heterocycles. The van der Waals surface area contributed by atoms with Gasteiger partial charge in [-0.3, -0.25) is 0 Å². The first-order chi connectivity index (χ1) is 9.72. The van der Waals surface area contributed by atoms with Gasteiger partial charge in [-0.15, -0.1) is 0 Å². The normalized spacial score (nSPS) is 13.4. The third kappa shape index (κ3) is 4.60. The van der Waals surface area contributed by atoms with Crippen LogP contribution in [-0.4, -0.2) is 25.3 Å². The topological polar surface area (TPSA) is 21.3 Å². The van der Waals surface area contributed by atoms with Crippen molar-refractivity contribution < 1.29 is 4.74 Å². The average Bonchev–Trinajstić information content (AvgIpc) is 2.52. The molecule has 1 atom stereocenters. The van der Waals surface area contributed by atoms with E-state index < -0.39 is 0 Å². The number of rotatable bonds is 10. The maximum absolute atomic E-state index is 5.92. The van der Waals surface area contributed by atoms with E-state index in [9.17, 15) is 0 Å². The fourth-order valence-electron chi connectivity index (χ4n) is 3.00. The van der Waals surface area contributed by atoms with Gasteiger partial charge in [-0.05, 0) is 44.2 Å². The van der Waals surface area contributed by atoms with E-state index in [0.717, 1.165) is 38.6 Å². The summed E-state index contributed by atoms with van der Waals surface area (Å²) in [5.74, 6) is 0. The van der Waals surface area contributed by atoms with Crippen molar-refractivity contribution in [3.63, 3.8) is 0 Å². The Kier molecular flexibility index (Phi) is 7.86. The van der Waals surface area contributed by atoms with E-state index in [4.69, 9.17) is 4.74 Å². The molecule has 0 aliphatic carbocycles. The molecule has 20 heavy (non-hydrogen) atoms. The van der Waals surface area contributed by atoms with Crippen LogP contribution in [0, 0.1) is 0 Å². The van der Waals surface area contributed by atoms with Crippen LogP contribution in [0.5, 0.6) is 0 Å². The summed E-state index contributed by atoms with van der Waals surface area (Å²) in [6.07, 6.45) is 5.49. The Labute approximate surface area is 124 Å². The molecular weight excluding hydrogens is 246 g/mol. The summed E-state index contributed by atoms with van der Waals surface area (Å²) in [6, 6.07) is 11.2. The van der Waals surface area contributed by atoms with Gasteiger partial charge in [0.2, 0.25) is 0 Å². The second-order valence-electron chi connectivity index (χ2n) is 5.51. The van der Waals surface area contributed by atoms with Crippen molar-refractivity contribution >= 4 is 0 Å². The van der Waals surface area contributed by atoms with Gasteiger partial charge >= 0.3 is 0 Å². The number of aryl methyl sites for hydroxylation is 1. The van der Waals surface area contributed by atoms with Gasteiger partial charge in [0.25, 0.3) is 0 Å². The third-order valence-corrected chi connectivity index (χ3v) is 4.44. The molecular formula is C18H31NO. The van der Waals surface area contributed by atoms with Gasteiger partial charge in [0.1, 0.15) is 0 Å². The van der Waals surface area contributed by atoms with E-state index in [1.165, 1.54) is 5.56 Å². The first-order valence-corrected chi connectivity index (χ1v) is 8.04. The van der Waals surface area contributed by atoms with E-state index in [-0.39, 0.29) is 5.60 Å². The van der Waals surface area contributed by atoms with Crippen LogP contribution in [0.25, 0.3) is 0 Å². The van der Waals surface area contributed by atoms with Crippen LogP contribution in [0.4, 0.5) is 0 Å². The predicted molar refractivity (Wildman–Crippen MR) is 87.2 cm³/mol. The molecule has 1 aromatic carbocycles. The van der Waals surface area contributed by atoms with Crippen molar-refractivity contribution in [1.29, 1.82) is 0 Å². The number of hydrogen-bond acceptors (Lipinski definition) is 2. The smallest absolute Gasteiger partial charge is 0.0825 e. The van der Waals surface area contributed by atoms with Crippen LogP contribution < -0.4 is 5.32 Å². The lowest BCUT2D eigenvalue weighted by Gasteiger charge is -2.39. The van der Waals surface area contributed by atoms with Gasteiger partial charge in [-0.2, -0.15) is 0 Å². The first kappa shape index (κ1) is 17.2. The molecule has 0 heterocycles. The monoisotopic (exact) mass is 277 g/mol. The summed E-state index contributed by atoms with van der Waals surface area (Å²) < 4.78 is 5.92. The molecule has 0 aliphatic heterocycles. The zero-order valence-electron chi connectivity index (χ0n) is 13.6. The quantitative estimate of drug-likeness (QED) is 0.692. The van der Waals surface area contributed by atoms with E-state index in [2.05, 4.69) is 56.4 Å². The summed E-state index contributed by atoms with van der Waals surface area (Å²) in [5.41, 5.74) is 1.37. The minimum absolute atomic E-state index is 0.0377. The molecule has 0 fully saturated rings. The van der Waals surface area contributed by atoms with Gasteiger partial charge in [-0.1, -0.05) is 51.1 Å². The zero-order chi connectivity index (χ0) is 14.8. The summed E-state index contributed by atoms with van der Waals surface area (Å²) in [5, 5.41) is 3.71. The van der Waals surface area contributed by atoms with Crippen molar-refractivity contribution in [2.45, 2.75) is 64.5 Å². The van der Waals surface area contributed by atoms with E-state index in [1.54, 1.807) is 0 Å². The average molecular weight is 277 g/mol. The standard InChI is InChI=1S/C18H31NO/c1-5-15-19-17(18(6-2,7-3)20-4)14-13-16-11-9-8-10-12-16/h8-12,17,19H,5-7,13-15H2,1-4H3. The number of nitrogens with one attached hydrogen (secondary N) is 1. The van der Waals surface area contributed by atoms with Crippen molar-refractivity contribution in [3.05, 3.63) is 35.9 Å². The van der Waals surface area contributed by atoms with Crippen LogP contribution in [-0.2, 0) is 11.2 Å². The molecule has 1 unspecified atom stereocenters. The molecule has 2 nitrogen and oxygen atoms in total. The Morgan fingerprint density at radius 2 is 1.75 bits per heavy atom. The lowest BCUT2D eigenvalue weighted by Crippen LogP contribution is -2.52. The Balaban J connectivity index is 2.72. The van der Waals surface area contributed by atoms with Gasteiger partial charge in [0.05, 0.1) is 5.60 Å². The molecule has 1 N–H and O–H groups in total. The maximum Gasteiger partial charge on any atom is 0.0825 e. The number of methoxy groups -OCH3 is 1. The molecule has 0 amide bonds. The Hall–Kier alpha value is -0.860. The van der Waals surface area contributed by atoms with Crippen molar-refractivity contribution in [2.24, 2.45) is 0 Å². The third-order valence-electron chi connectivity index (χ3n) is 4.44. The van der Waals surface area contributed by atoms with Gasteiger partial charge in [0, 0.05) is 13.2 Å². The minimum atomic E-state index is -0.0377. The largest absolute Gasteiger partial charge is 0.377 e. The van der Waals surface area contributed by atoms with Crippen LogP contribution in [0.3, 0.4) is 0 Å². The van der Waals surface area contributed by atoms with E-state index in [1.807, 2.05) is 7.11 Å². The molecule has 0 saturated carbocycles. The number of ether oxygens (including phenoxy) is 1. The molecule has 0 bridgehead atoms. The lowest BCUT2D eigenvalue weighted by atomic mass is 9.84. The second kappa shape index (κ2) is 9.15. The lowest BCUT2D eigenvalue weighted by molar-refractivity contribution is -0.0492. The molecule has 1 aromatic rings. The molecule has 0 radical (unpaired) electrons. The van der Waals surface area contributed by atoms with Crippen molar-refractivity contribution in [3.8, 4) is 0 Å². The van der Waals surface area contributed by atoms with Gasteiger partial charge in [0.15, 0.2) is 0 Å². The highest BCUT2D eigenvalue weighted by Gasteiger charge is 2.34. The van der Waals surface area contributed by atoms with E-state index in [0.29, 0.717) is 6.04 Å². The van der Waals surface area contributed by atoms with E-state index >= 15 is 0 Å². The fourth-order valence-corrected chi connectivity index (χ4v) is 3.00. The molecule has 2 heteroatoms. The first-order valence-electron chi connectivity index (χ1n) is 8.04. The Morgan fingerprint density at radius 1 is 1.10 bits per heavy atom. The Bertz CT molecular complexity index is 337. The van der Waals surface area contributed by atoms with Crippen LogP contribution in [0.15, 0.2) is 30.3 Å². The Morgan fingerprint density at radius 3 is 2.25 bits per heavy atom. The van der Waals surface area contributed by atoms with Crippen LogP contribution in [0.2, 0.25) is 0 Å². The number of benzene rings is 1. The van der Waals surface area contributed by atoms with Crippen LogP contribution >= 0.6 is 0 Å². The highest BCUT2D eigenvalue weighted by molar-refractivity contribution is 5.15. The maximum atomic E-state index is 5.92. The molecule has 0 spiro atoms. The molecule has 0 aromatic heterocycles.